The Morgan fingerprint density at radius 1 is 0.870 bits per heavy atom. The van der Waals surface area contributed by atoms with E-state index < -0.39 is 48.0 Å². The Hall–Kier alpha value is -4.71. The van der Waals surface area contributed by atoms with Crippen molar-refractivity contribution in [2.75, 3.05) is 26.6 Å². The Balaban J connectivity index is 1.56. The number of carbonyl (C=O) groups excluding carboxylic acids is 3. The predicted octanol–water partition coefficient (Wildman–Crippen LogP) is 4.41. The molecule has 0 bridgehead atoms. The molecule has 0 unspecified atom stereocenters. The van der Waals surface area contributed by atoms with Crippen molar-refractivity contribution in [1.29, 1.82) is 0 Å². The molecular formula is C34H39N3O8S. The zero-order valence-electron chi connectivity index (χ0n) is 26.4. The summed E-state index contributed by atoms with van der Waals surface area (Å²) in [5.41, 5.74) is 4.80. The van der Waals surface area contributed by atoms with Gasteiger partial charge < -0.3 is 34.9 Å². The minimum atomic E-state index is -1.23. The van der Waals surface area contributed by atoms with Gasteiger partial charge in [-0.05, 0) is 55.2 Å². The topological polar surface area (TPSA) is 143 Å². The van der Waals surface area contributed by atoms with Gasteiger partial charge in [0, 0.05) is 23.3 Å². The Morgan fingerprint density at radius 3 is 2.02 bits per heavy atom. The summed E-state index contributed by atoms with van der Waals surface area (Å²) in [6.07, 6.45) is -0.802. The maximum Gasteiger partial charge on any atom is 0.407 e. The van der Waals surface area contributed by atoms with E-state index in [0.717, 1.165) is 22.3 Å². The van der Waals surface area contributed by atoms with Gasteiger partial charge in [-0.3, -0.25) is 14.4 Å². The van der Waals surface area contributed by atoms with E-state index in [2.05, 4.69) is 23.3 Å². The molecule has 3 amide bonds. The zero-order valence-corrected chi connectivity index (χ0v) is 27.2. The van der Waals surface area contributed by atoms with E-state index in [1.165, 1.54) is 39.9 Å². The number of carbonyl (C=O) groups is 4. The van der Waals surface area contributed by atoms with Crippen molar-refractivity contribution in [3.63, 3.8) is 0 Å². The molecule has 244 valence electrons. The van der Waals surface area contributed by atoms with Crippen LogP contribution in [0.5, 0.6) is 11.5 Å². The lowest BCUT2D eigenvalue weighted by molar-refractivity contribution is -0.146. The Kier molecular flexibility index (Phi) is 11.2. The standard InChI is InChI=1S/C34H39N3O8S/c1-19(36-34(42)45-17-28-25-12-8-6-10-23(25)24-11-7-9-13-26(24)28)32(39)37(21(3)31(38)35-20(2)33(40)41)29(18-46)27-15-14-22(43-4)16-30(27)44-5/h6-16,19-21,28-29,46H,17-18H2,1-5H3,(H,35,38)(H,36,42)(H,40,41)/t19-,20-,21-,29-/m0/s1. The average molecular weight is 650 g/mol. The normalized spacial score (nSPS) is 14.5. The highest BCUT2D eigenvalue weighted by Crippen LogP contribution is 2.44. The smallest absolute Gasteiger partial charge is 0.407 e. The van der Waals surface area contributed by atoms with Crippen LogP contribution in [-0.4, -0.2) is 78.6 Å². The van der Waals surface area contributed by atoms with Crippen molar-refractivity contribution in [3.05, 3.63) is 83.4 Å². The summed E-state index contributed by atoms with van der Waals surface area (Å²) in [5, 5.41) is 14.4. The summed E-state index contributed by atoms with van der Waals surface area (Å²) >= 11 is 4.51. The first-order chi connectivity index (χ1) is 22.0. The van der Waals surface area contributed by atoms with Gasteiger partial charge in [-0.15, -0.1) is 0 Å². The highest BCUT2D eigenvalue weighted by molar-refractivity contribution is 7.80. The van der Waals surface area contributed by atoms with E-state index in [1.54, 1.807) is 18.2 Å². The molecule has 0 spiro atoms. The van der Waals surface area contributed by atoms with E-state index in [4.69, 9.17) is 14.2 Å². The number of thiol groups is 1. The van der Waals surface area contributed by atoms with Crippen molar-refractivity contribution in [1.82, 2.24) is 15.5 Å². The van der Waals surface area contributed by atoms with Crippen LogP contribution in [0, 0.1) is 0 Å². The number of ether oxygens (including phenoxy) is 3. The summed E-state index contributed by atoms with van der Waals surface area (Å²) in [4.78, 5) is 53.1. The number of methoxy groups -OCH3 is 2. The molecule has 1 aliphatic rings. The number of benzene rings is 3. The molecule has 3 N–H and O–H groups in total. The molecule has 3 aromatic rings. The van der Waals surface area contributed by atoms with Crippen LogP contribution in [0.25, 0.3) is 11.1 Å². The Bertz CT molecular complexity index is 1550. The second-order valence-electron chi connectivity index (χ2n) is 11.0. The molecule has 4 atom stereocenters. The van der Waals surface area contributed by atoms with Crippen LogP contribution >= 0.6 is 12.6 Å². The second kappa shape index (κ2) is 15.0. The molecule has 0 aliphatic heterocycles. The molecule has 0 radical (unpaired) electrons. The fourth-order valence-electron chi connectivity index (χ4n) is 5.67. The summed E-state index contributed by atoms with van der Waals surface area (Å²) < 4.78 is 16.5. The third-order valence-corrected chi connectivity index (χ3v) is 8.48. The summed E-state index contributed by atoms with van der Waals surface area (Å²) in [5.74, 6) is -1.74. The third-order valence-electron chi connectivity index (χ3n) is 8.14. The Morgan fingerprint density at radius 2 is 1.48 bits per heavy atom. The fraction of sp³-hybridized carbons (Fsp3) is 0.353. The maximum absolute atomic E-state index is 14.1. The Labute approximate surface area is 273 Å². The summed E-state index contributed by atoms with van der Waals surface area (Å²) in [6.45, 7) is 4.35. The molecule has 11 nitrogen and oxygen atoms in total. The van der Waals surface area contributed by atoms with Crippen molar-refractivity contribution in [2.45, 2.75) is 50.9 Å². The lowest BCUT2D eigenvalue weighted by Gasteiger charge is -2.38. The number of alkyl carbamates (subject to hydrolysis) is 1. The van der Waals surface area contributed by atoms with E-state index >= 15 is 0 Å². The number of amides is 3. The van der Waals surface area contributed by atoms with Crippen LogP contribution in [0.15, 0.2) is 66.7 Å². The van der Waals surface area contributed by atoms with E-state index in [-0.39, 0.29) is 18.3 Å². The molecule has 0 aromatic heterocycles. The minimum Gasteiger partial charge on any atom is -0.497 e. The SMILES string of the molecule is COc1ccc([C@H](CS)N(C(=O)[C@H](C)NC(=O)OCC2c3ccccc3-c3ccccc32)[C@@H](C)C(=O)N[C@@H](C)C(=O)O)c(OC)c1. The molecule has 0 saturated carbocycles. The van der Waals surface area contributed by atoms with Crippen LogP contribution in [0.1, 0.15) is 49.4 Å². The number of carboxylic acid groups (broad SMARTS) is 1. The molecule has 3 aromatic carbocycles. The zero-order chi connectivity index (χ0) is 33.5. The first-order valence-corrected chi connectivity index (χ1v) is 15.4. The molecular weight excluding hydrogens is 610 g/mol. The summed E-state index contributed by atoms with van der Waals surface area (Å²) in [7, 11) is 2.97. The maximum atomic E-state index is 14.1. The monoisotopic (exact) mass is 649 g/mol. The molecule has 0 saturated heterocycles. The number of fused-ring (bicyclic) bond motifs is 3. The van der Waals surface area contributed by atoms with Gasteiger partial charge in [0.25, 0.3) is 0 Å². The number of hydrogen-bond acceptors (Lipinski definition) is 8. The predicted molar refractivity (Wildman–Crippen MR) is 175 cm³/mol. The minimum absolute atomic E-state index is 0.0542. The second-order valence-corrected chi connectivity index (χ2v) is 11.4. The fourth-order valence-corrected chi connectivity index (χ4v) is 6.04. The first kappa shape index (κ1) is 34.2. The quantitative estimate of drug-likeness (QED) is 0.200. The number of nitrogens with one attached hydrogen (secondary N) is 2. The average Bonchev–Trinajstić information content (AvgIpc) is 3.38. The van der Waals surface area contributed by atoms with Gasteiger partial charge in [0.2, 0.25) is 11.8 Å². The number of nitrogens with zero attached hydrogens (tertiary/aromatic N) is 1. The van der Waals surface area contributed by atoms with Gasteiger partial charge in [0.05, 0.1) is 20.3 Å². The van der Waals surface area contributed by atoms with Crippen LogP contribution in [-0.2, 0) is 19.1 Å². The van der Waals surface area contributed by atoms with Crippen LogP contribution in [0.2, 0.25) is 0 Å². The van der Waals surface area contributed by atoms with Crippen LogP contribution in [0.3, 0.4) is 0 Å². The van der Waals surface area contributed by atoms with Gasteiger partial charge in [-0.2, -0.15) is 12.6 Å². The van der Waals surface area contributed by atoms with E-state index in [9.17, 15) is 24.3 Å². The van der Waals surface area contributed by atoms with Crippen molar-refractivity contribution < 1.29 is 38.5 Å². The highest BCUT2D eigenvalue weighted by atomic mass is 32.1. The van der Waals surface area contributed by atoms with Crippen LogP contribution in [0.4, 0.5) is 4.79 Å². The van der Waals surface area contributed by atoms with Gasteiger partial charge in [0.1, 0.15) is 36.2 Å². The van der Waals surface area contributed by atoms with Gasteiger partial charge in [-0.25, -0.2) is 4.79 Å². The molecule has 0 heterocycles. The van der Waals surface area contributed by atoms with Crippen molar-refractivity contribution in [3.8, 4) is 22.6 Å². The summed E-state index contributed by atoms with van der Waals surface area (Å²) in [6, 6.07) is 16.6. The highest BCUT2D eigenvalue weighted by Gasteiger charge is 2.38. The molecule has 4 rings (SSSR count). The molecule has 1 aliphatic carbocycles. The molecule has 12 heteroatoms. The first-order valence-electron chi connectivity index (χ1n) is 14.8. The lowest BCUT2D eigenvalue weighted by atomic mass is 9.98. The van der Waals surface area contributed by atoms with E-state index in [1.807, 2.05) is 48.5 Å². The van der Waals surface area contributed by atoms with Crippen LogP contribution < -0.4 is 20.1 Å². The molecule has 0 fully saturated rings. The van der Waals surface area contributed by atoms with E-state index in [0.29, 0.717) is 17.1 Å². The lowest BCUT2D eigenvalue weighted by Crippen LogP contribution is -2.57. The number of carboxylic acids is 1. The van der Waals surface area contributed by atoms with Crippen molar-refractivity contribution in [2.24, 2.45) is 0 Å². The van der Waals surface area contributed by atoms with Gasteiger partial charge in [0.15, 0.2) is 0 Å². The number of aliphatic carboxylic acids is 1. The molecule has 46 heavy (non-hydrogen) atoms. The number of rotatable bonds is 13. The van der Waals surface area contributed by atoms with Gasteiger partial charge >= 0.3 is 12.1 Å². The largest absolute Gasteiger partial charge is 0.497 e. The van der Waals surface area contributed by atoms with Crippen molar-refractivity contribution >= 4 is 36.5 Å². The van der Waals surface area contributed by atoms with Gasteiger partial charge in [-0.1, -0.05) is 48.5 Å². The third kappa shape index (κ3) is 7.23. The number of hydrogen-bond donors (Lipinski definition) is 4.